The maximum Gasteiger partial charge on any atom is 0.0313 e. The molecule has 2 nitrogen and oxygen atoms in total. The summed E-state index contributed by atoms with van der Waals surface area (Å²) in [6, 6.07) is 9.49. The van der Waals surface area contributed by atoms with Crippen LogP contribution in [0.3, 0.4) is 0 Å². The van der Waals surface area contributed by atoms with Crippen LogP contribution in [0, 0.1) is 0 Å². The van der Waals surface area contributed by atoms with Crippen LogP contribution in [0.1, 0.15) is 0 Å². The van der Waals surface area contributed by atoms with Gasteiger partial charge in [-0.3, -0.25) is 0 Å². The van der Waals surface area contributed by atoms with Crippen LogP contribution < -0.4 is 11.1 Å². The number of hydrogen-bond donors (Lipinski definition) is 2. The first-order valence-electron chi connectivity index (χ1n) is 3.41. The summed E-state index contributed by atoms with van der Waals surface area (Å²) in [7, 11) is 0. The highest BCUT2D eigenvalue weighted by atomic mass is 15.0. The third-order valence-electron chi connectivity index (χ3n) is 1.05. The highest BCUT2D eigenvalue weighted by Crippen LogP contribution is 1.95. The fraction of sp³-hybridized carbons (Fsp3) is 0.250. The Bertz CT molecular complexity index is 167. The molecule has 0 radical (unpaired) electrons. The highest BCUT2D eigenvalue weighted by molar-refractivity contribution is 5.35. The van der Waals surface area contributed by atoms with Gasteiger partial charge in [-0.2, -0.15) is 0 Å². The molecule has 3 N–H and O–H groups in total. The lowest BCUT2D eigenvalue weighted by Gasteiger charge is -1.83. The molecule has 2 heteroatoms. The van der Waals surface area contributed by atoms with Crippen molar-refractivity contribution in [2.24, 2.45) is 0 Å². The molecular weight excluding hydrogens is 124 g/mol. The van der Waals surface area contributed by atoms with E-state index in [0.717, 1.165) is 5.69 Å². The van der Waals surface area contributed by atoms with Crippen LogP contribution in [0.4, 0.5) is 5.69 Å². The second-order valence-corrected chi connectivity index (χ2v) is 2.16. The van der Waals surface area contributed by atoms with Gasteiger partial charge in [0.05, 0.1) is 0 Å². The summed E-state index contributed by atoms with van der Waals surface area (Å²) < 4.78 is 0. The molecule has 0 aromatic heterocycles. The Balaban J connectivity index is 0.000000138. The Morgan fingerprint density at radius 1 is 1.10 bits per heavy atom. The van der Waals surface area contributed by atoms with Gasteiger partial charge in [-0.1, -0.05) is 18.2 Å². The van der Waals surface area contributed by atoms with Crippen molar-refractivity contribution in [2.45, 2.75) is 0 Å². The lowest BCUT2D eigenvalue weighted by atomic mass is 10.3. The lowest BCUT2D eigenvalue weighted by Crippen LogP contribution is -1.79. The third kappa shape index (κ3) is 3.92. The van der Waals surface area contributed by atoms with Crippen molar-refractivity contribution in [3.63, 3.8) is 0 Å². The zero-order valence-electron chi connectivity index (χ0n) is 5.88. The molecule has 2 rings (SSSR count). The van der Waals surface area contributed by atoms with E-state index < -0.39 is 0 Å². The van der Waals surface area contributed by atoms with Crippen LogP contribution in [0.5, 0.6) is 0 Å². The van der Waals surface area contributed by atoms with Crippen LogP contribution in [-0.4, -0.2) is 13.1 Å². The number of para-hydroxylation sites is 1. The summed E-state index contributed by atoms with van der Waals surface area (Å²) >= 11 is 0. The molecule has 0 saturated carbocycles. The SMILES string of the molecule is C1CN1.Nc1ccccc1. The predicted molar refractivity (Wildman–Crippen MR) is 43.7 cm³/mol. The standard InChI is InChI=1S/C6H7N.C2H5N/c7-6-4-2-1-3-5-6;1-2-3-1/h1-5H,7H2;3H,1-2H2. The van der Waals surface area contributed by atoms with E-state index in [9.17, 15) is 0 Å². The molecule has 1 fully saturated rings. The molecule has 1 aliphatic rings. The zero-order valence-corrected chi connectivity index (χ0v) is 5.88. The van der Waals surface area contributed by atoms with Gasteiger partial charge >= 0.3 is 0 Å². The number of nitrogens with two attached hydrogens (primary N) is 1. The molecular formula is C8H12N2. The van der Waals surface area contributed by atoms with E-state index in [2.05, 4.69) is 5.32 Å². The van der Waals surface area contributed by atoms with Crippen molar-refractivity contribution in [3.05, 3.63) is 30.3 Å². The van der Waals surface area contributed by atoms with E-state index in [1.807, 2.05) is 30.3 Å². The van der Waals surface area contributed by atoms with E-state index in [1.54, 1.807) is 0 Å². The average Bonchev–Trinajstić information content (AvgIpc) is 2.73. The van der Waals surface area contributed by atoms with Gasteiger partial charge in [-0.05, 0) is 12.1 Å². The van der Waals surface area contributed by atoms with Gasteiger partial charge < -0.3 is 11.1 Å². The molecule has 0 atom stereocenters. The van der Waals surface area contributed by atoms with Gasteiger partial charge in [0.15, 0.2) is 0 Å². The number of anilines is 1. The predicted octanol–water partition coefficient (Wildman–Crippen LogP) is 0.858. The average molecular weight is 136 g/mol. The first-order chi connectivity index (χ1) is 4.89. The molecule has 1 aromatic carbocycles. The number of nitrogens with one attached hydrogen (secondary N) is 1. The normalized spacial score (nSPS) is 13.2. The first-order valence-corrected chi connectivity index (χ1v) is 3.41. The minimum Gasteiger partial charge on any atom is -0.399 e. The smallest absolute Gasteiger partial charge is 0.0313 e. The summed E-state index contributed by atoms with van der Waals surface area (Å²) in [5.41, 5.74) is 6.18. The zero-order chi connectivity index (χ0) is 7.23. The first kappa shape index (κ1) is 7.09. The molecule has 0 amide bonds. The van der Waals surface area contributed by atoms with Crippen LogP contribution in [0.2, 0.25) is 0 Å². The van der Waals surface area contributed by atoms with Crippen molar-refractivity contribution in [2.75, 3.05) is 18.8 Å². The Kier molecular flexibility index (Phi) is 2.77. The maximum absolute atomic E-state index is 5.36. The largest absolute Gasteiger partial charge is 0.399 e. The minimum atomic E-state index is 0.822. The molecule has 1 heterocycles. The Morgan fingerprint density at radius 3 is 1.80 bits per heavy atom. The van der Waals surface area contributed by atoms with Gasteiger partial charge in [0.25, 0.3) is 0 Å². The molecule has 1 aromatic rings. The number of benzene rings is 1. The molecule has 0 bridgehead atoms. The fourth-order valence-electron chi connectivity index (χ4n) is 0.453. The molecule has 0 aliphatic carbocycles. The molecule has 1 aliphatic heterocycles. The molecule has 10 heavy (non-hydrogen) atoms. The minimum absolute atomic E-state index is 0.822. The second-order valence-electron chi connectivity index (χ2n) is 2.16. The highest BCUT2D eigenvalue weighted by Gasteiger charge is 1.91. The van der Waals surface area contributed by atoms with Gasteiger partial charge in [0, 0.05) is 18.8 Å². The Labute approximate surface area is 61.1 Å². The number of rotatable bonds is 0. The summed E-state index contributed by atoms with van der Waals surface area (Å²) in [4.78, 5) is 0. The number of nitrogen functional groups attached to an aromatic ring is 1. The molecule has 0 unspecified atom stereocenters. The van der Waals surface area contributed by atoms with E-state index >= 15 is 0 Å². The van der Waals surface area contributed by atoms with Gasteiger partial charge in [-0.15, -0.1) is 0 Å². The van der Waals surface area contributed by atoms with Crippen molar-refractivity contribution in [1.29, 1.82) is 0 Å². The van der Waals surface area contributed by atoms with Crippen molar-refractivity contribution >= 4 is 5.69 Å². The van der Waals surface area contributed by atoms with Crippen LogP contribution in [0.15, 0.2) is 30.3 Å². The van der Waals surface area contributed by atoms with E-state index in [0.29, 0.717) is 0 Å². The second kappa shape index (κ2) is 3.90. The van der Waals surface area contributed by atoms with Crippen LogP contribution >= 0.6 is 0 Å². The molecule has 0 spiro atoms. The summed E-state index contributed by atoms with van der Waals surface area (Å²) in [6.07, 6.45) is 0. The van der Waals surface area contributed by atoms with Crippen molar-refractivity contribution in [3.8, 4) is 0 Å². The Morgan fingerprint density at radius 2 is 1.60 bits per heavy atom. The quantitative estimate of drug-likeness (QED) is 0.410. The van der Waals surface area contributed by atoms with E-state index in [4.69, 9.17) is 5.73 Å². The van der Waals surface area contributed by atoms with Crippen LogP contribution in [-0.2, 0) is 0 Å². The van der Waals surface area contributed by atoms with Gasteiger partial charge in [-0.25, -0.2) is 0 Å². The van der Waals surface area contributed by atoms with E-state index in [-0.39, 0.29) is 0 Å². The maximum atomic E-state index is 5.36. The number of hydrogen-bond acceptors (Lipinski definition) is 2. The van der Waals surface area contributed by atoms with Crippen molar-refractivity contribution in [1.82, 2.24) is 5.32 Å². The van der Waals surface area contributed by atoms with E-state index in [1.165, 1.54) is 13.1 Å². The summed E-state index contributed by atoms with van der Waals surface area (Å²) in [5, 5.41) is 3.00. The molecule has 1 saturated heterocycles. The summed E-state index contributed by atoms with van der Waals surface area (Å²) in [6.45, 7) is 2.50. The van der Waals surface area contributed by atoms with Gasteiger partial charge in [0.2, 0.25) is 0 Å². The third-order valence-corrected chi connectivity index (χ3v) is 1.05. The van der Waals surface area contributed by atoms with Crippen LogP contribution in [0.25, 0.3) is 0 Å². The van der Waals surface area contributed by atoms with Gasteiger partial charge in [0.1, 0.15) is 0 Å². The lowest BCUT2D eigenvalue weighted by molar-refractivity contribution is 1.34. The molecule has 54 valence electrons. The monoisotopic (exact) mass is 136 g/mol. The summed E-state index contributed by atoms with van der Waals surface area (Å²) in [5.74, 6) is 0. The van der Waals surface area contributed by atoms with Crippen molar-refractivity contribution < 1.29 is 0 Å². The topological polar surface area (TPSA) is 48.0 Å². The fourth-order valence-corrected chi connectivity index (χ4v) is 0.453. The Hall–Kier alpha value is -1.02.